The van der Waals surface area contributed by atoms with Gasteiger partial charge in [-0.15, -0.1) is 6.42 Å². The Kier molecular flexibility index (Phi) is 6.82. The molecule has 3 aliphatic heterocycles. The Balaban J connectivity index is 1.28. The topological polar surface area (TPSA) is 86.8 Å². The van der Waals surface area contributed by atoms with Gasteiger partial charge in [0.2, 0.25) is 0 Å². The second-order valence-electron chi connectivity index (χ2n) is 10.3. The van der Waals surface area contributed by atoms with Crippen molar-refractivity contribution in [2.45, 2.75) is 45.1 Å². The molecular formula is C30H33N5O3. The van der Waals surface area contributed by atoms with Crippen LogP contribution in [0.2, 0.25) is 0 Å². The number of dihydropyridines is 1. The fraction of sp³-hybridized carbons (Fsp3) is 0.367. The minimum absolute atomic E-state index is 0.0331. The molecule has 4 heterocycles. The number of aryl methyl sites for hydroxylation is 2. The highest BCUT2D eigenvalue weighted by molar-refractivity contribution is 6.07. The van der Waals surface area contributed by atoms with E-state index in [2.05, 4.69) is 27.6 Å². The average molecular weight is 512 g/mol. The van der Waals surface area contributed by atoms with Gasteiger partial charge >= 0.3 is 0 Å². The number of carbonyl (C=O) groups excluding carboxylic acids is 2. The summed E-state index contributed by atoms with van der Waals surface area (Å²) in [5.41, 5.74) is 5.62. The summed E-state index contributed by atoms with van der Waals surface area (Å²) < 4.78 is 6.28. The summed E-state index contributed by atoms with van der Waals surface area (Å²) in [6.45, 7) is 5.34. The summed E-state index contributed by atoms with van der Waals surface area (Å²) in [5.74, 6) is 2.34. The van der Waals surface area contributed by atoms with E-state index < -0.39 is 0 Å². The van der Waals surface area contributed by atoms with Crippen LogP contribution in [-0.2, 0) is 21.7 Å². The number of terminal acetylenes is 1. The zero-order valence-electron chi connectivity index (χ0n) is 22.3. The molecule has 8 heteroatoms. The van der Waals surface area contributed by atoms with Gasteiger partial charge in [-0.1, -0.05) is 12.0 Å². The molecule has 8 nitrogen and oxygen atoms in total. The van der Waals surface area contributed by atoms with Crippen molar-refractivity contribution in [3.05, 3.63) is 81.8 Å². The summed E-state index contributed by atoms with van der Waals surface area (Å²) in [6, 6.07) is 7.80. The molecule has 2 N–H and O–H groups in total. The van der Waals surface area contributed by atoms with Gasteiger partial charge in [-0.05, 0) is 82.3 Å². The summed E-state index contributed by atoms with van der Waals surface area (Å²) in [7, 11) is 3.91. The molecule has 2 amide bonds. The van der Waals surface area contributed by atoms with Crippen molar-refractivity contribution in [3.63, 3.8) is 0 Å². The van der Waals surface area contributed by atoms with E-state index in [9.17, 15) is 9.59 Å². The maximum Gasteiger partial charge on any atom is 0.257 e. The number of amides is 2. The molecule has 2 aromatic rings. The smallest absolute Gasteiger partial charge is 0.257 e. The third-order valence-electron chi connectivity index (χ3n) is 7.69. The number of piperidine rings is 1. The number of hydrogen-bond acceptors (Lipinski definition) is 6. The quantitative estimate of drug-likeness (QED) is 0.613. The van der Waals surface area contributed by atoms with E-state index in [1.807, 2.05) is 56.0 Å². The van der Waals surface area contributed by atoms with Gasteiger partial charge in [0.05, 0.1) is 46.6 Å². The van der Waals surface area contributed by atoms with Crippen LogP contribution >= 0.6 is 0 Å². The molecule has 0 radical (unpaired) electrons. The van der Waals surface area contributed by atoms with Crippen molar-refractivity contribution < 1.29 is 14.3 Å². The number of hydrogen-bond donors (Lipinski definition) is 2. The maximum absolute atomic E-state index is 13.6. The van der Waals surface area contributed by atoms with Crippen molar-refractivity contribution >= 4 is 17.5 Å². The lowest BCUT2D eigenvalue weighted by atomic mass is 9.83. The molecule has 196 valence electrons. The van der Waals surface area contributed by atoms with E-state index in [1.54, 1.807) is 18.3 Å². The number of pyridine rings is 1. The Bertz CT molecular complexity index is 1390. The van der Waals surface area contributed by atoms with Crippen LogP contribution in [0.3, 0.4) is 0 Å². The van der Waals surface area contributed by atoms with E-state index >= 15 is 0 Å². The van der Waals surface area contributed by atoms with Crippen LogP contribution in [0.25, 0.3) is 0 Å². The van der Waals surface area contributed by atoms with Crippen LogP contribution in [-0.4, -0.2) is 59.9 Å². The molecule has 0 bridgehead atoms. The second kappa shape index (κ2) is 10.1. The first kappa shape index (κ1) is 25.7. The van der Waals surface area contributed by atoms with Crippen LogP contribution < -0.4 is 10.6 Å². The largest absolute Gasteiger partial charge is 0.372 e. The molecule has 3 aliphatic rings. The molecule has 0 aliphatic carbocycles. The van der Waals surface area contributed by atoms with Gasteiger partial charge in [0.25, 0.3) is 11.8 Å². The Labute approximate surface area is 223 Å². The molecule has 1 unspecified atom stereocenters. The fourth-order valence-corrected chi connectivity index (χ4v) is 5.39. The maximum atomic E-state index is 13.6. The standard InChI is InChI=1S/C30H33N5O3/c1-6-21-7-9-25-23(15-21)18-38-30(25)11-13-35(14-12-30)29(37)24-16-26(20(3)32-19(24)2)33-28(36)22-8-10-27(31-17-22)34(4)5/h1,7-10,15-17,27,31H,11-14,18H2,2-5H3,(H,33,36). The minimum atomic E-state index is -0.375. The number of aromatic nitrogens is 1. The highest BCUT2D eigenvalue weighted by Crippen LogP contribution is 2.44. The normalized spacial score (nSPS) is 19.5. The number of nitrogens with zero attached hydrogens (tertiary/aromatic N) is 3. The first-order valence-electron chi connectivity index (χ1n) is 12.8. The predicted octanol–water partition coefficient (Wildman–Crippen LogP) is 3.21. The number of likely N-dealkylation sites (tertiary alicyclic amines) is 1. The van der Waals surface area contributed by atoms with E-state index in [0.29, 0.717) is 60.7 Å². The third kappa shape index (κ3) is 4.71. The molecule has 1 fully saturated rings. The second-order valence-corrected chi connectivity index (χ2v) is 10.3. The number of ether oxygens (including phenoxy) is 1. The average Bonchev–Trinajstić information content (AvgIpc) is 3.27. The third-order valence-corrected chi connectivity index (χ3v) is 7.69. The van der Waals surface area contributed by atoms with Crippen LogP contribution in [0.5, 0.6) is 0 Å². The highest BCUT2D eigenvalue weighted by atomic mass is 16.5. The van der Waals surface area contributed by atoms with Crippen molar-refractivity contribution in [1.82, 2.24) is 20.1 Å². The number of fused-ring (bicyclic) bond motifs is 2. The van der Waals surface area contributed by atoms with E-state index in [-0.39, 0.29) is 23.6 Å². The summed E-state index contributed by atoms with van der Waals surface area (Å²) in [6.07, 6.45) is 12.4. The molecule has 38 heavy (non-hydrogen) atoms. The highest BCUT2D eigenvalue weighted by Gasteiger charge is 2.43. The van der Waals surface area contributed by atoms with Gasteiger partial charge < -0.3 is 20.3 Å². The van der Waals surface area contributed by atoms with Crippen LogP contribution in [0.15, 0.2) is 48.2 Å². The Morgan fingerprint density at radius 1 is 1.21 bits per heavy atom. The number of nitrogens with one attached hydrogen (secondary N) is 2. The monoisotopic (exact) mass is 511 g/mol. The lowest BCUT2D eigenvalue weighted by Gasteiger charge is -2.39. The van der Waals surface area contributed by atoms with Crippen molar-refractivity contribution in [3.8, 4) is 12.3 Å². The lowest BCUT2D eigenvalue weighted by Crippen LogP contribution is -2.45. The Hall–Kier alpha value is -3.93. The molecule has 1 aromatic carbocycles. The first-order chi connectivity index (χ1) is 18.2. The molecule has 1 aromatic heterocycles. The lowest BCUT2D eigenvalue weighted by molar-refractivity contribution is -0.112. The van der Waals surface area contributed by atoms with Gasteiger partial charge in [-0.2, -0.15) is 0 Å². The predicted molar refractivity (Wildman–Crippen MR) is 146 cm³/mol. The van der Waals surface area contributed by atoms with Crippen molar-refractivity contribution in [2.24, 2.45) is 0 Å². The van der Waals surface area contributed by atoms with Gasteiger partial charge in [-0.25, -0.2) is 0 Å². The van der Waals surface area contributed by atoms with Gasteiger partial charge in [0, 0.05) is 24.9 Å². The first-order valence-corrected chi connectivity index (χ1v) is 12.8. The van der Waals surface area contributed by atoms with E-state index in [1.165, 1.54) is 5.56 Å². The van der Waals surface area contributed by atoms with Gasteiger partial charge in [0.15, 0.2) is 0 Å². The van der Waals surface area contributed by atoms with Crippen LogP contribution in [0.4, 0.5) is 5.69 Å². The fourth-order valence-electron chi connectivity index (χ4n) is 5.39. The molecular weight excluding hydrogens is 478 g/mol. The number of rotatable bonds is 4. The molecule has 1 saturated heterocycles. The summed E-state index contributed by atoms with van der Waals surface area (Å²) >= 11 is 0. The summed E-state index contributed by atoms with van der Waals surface area (Å²) in [4.78, 5) is 34.9. The zero-order chi connectivity index (χ0) is 27.0. The van der Waals surface area contributed by atoms with E-state index in [0.717, 1.165) is 11.1 Å². The Morgan fingerprint density at radius 3 is 2.63 bits per heavy atom. The molecule has 5 rings (SSSR count). The number of benzene rings is 1. The minimum Gasteiger partial charge on any atom is -0.372 e. The number of likely N-dealkylation sites (N-methyl/N-ethyl adjacent to an activating group) is 1. The SMILES string of the molecule is C#Cc1ccc2c(c1)COC21CCN(C(=O)c2cc(NC(=O)C3=CNC(N(C)C)C=C3)c(C)nc2C)CC1. The molecule has 1 atom stereocenters. The summed E-state index contributed by atoms with van der Waals surface area (Å²) in [5, 5.41) is 6.12. The molecule has 1 spiro atoms. The van der Waals surface area contributed by atoms with Gasteiger partial charge in [0.1, 0.15) is 0 Å². The van der Waals surface area contributed by atoms with Crippen molar-refractivity contribution in [2.75, 3.05) is 32.5 Å². The van der Waals surface area contributed by atoms with Gasteiger partial charge in [-0.3, -0.25) is 19.5 Å². The zero-order valence-corrected chi connectivity index (χ0v) is 22.3. The van der Waals surface area contributed by atoms with E-state index in [4.69, 9.17) is 11.2 Å². The number of carbonyl (C=O) groups is 2. The van der Waals surface area contributed by atoms with Crippen LogP contribution in [0, 0.1) is 26.2 Å². The number of anilines is 1. The molecule has 0 saturated carbocycles. The Morgan fingerprint density at radius 2 is 1.97 bits per heavy atom. The van der Waals surface area contributed by atoms with Crippen molar-refractivity contribution in [1.29, 1.82) is 0 Å². The van der Waals surface area contributed by atoms with Crippen LogP contribution in [0.1, 0.15) is 51.3 Å².